The molecule has 0 bridgehead atoms. The fourth-order valence-electron chi connectivity index (χ4n) is 3.41. The molecule has 0 aromatic rings. The van der Waals surface area contributed by atoms with Gasteiger partial charge in [-0.15, -0.1) is 0 Å². The number of hydrogen-bond acceptors (Lipinski definition) is 3. The Hall–Kier alpha value is -0.330. The predicted octanol–water partition coefficient (Wildman–Crippen LogP) is 2.33. The number of halogens is 3. The molecule has 1 heterocycles. The maximum Gasteiger partial charge on any atom is 0.415 e. The summed E-state index contributed by atoms with van der Waals surface area (Å²) in [6.07, 6.45) is -2.91. The number of nitrogens with zero attached hydrogens (tertiary/aromatic N) is 1. The first-order valence-corrected chi connectivity index (χ1v) is 6.79. The Morgan fingerprint density at radius 2 is 1.79 bits per heavy atom. The second-order valence-corrected chi connectivity index (χ2v) is 6.48. The predicted molar refractivity (Wildman–Crippen MR) is 64.9 cm³/mol. The zero-order valence-electron chi connectivity index (χ0n) is 11.5. The maximum atomic E-state index is 12.5. The van der Waals surface area contributed by atoms with Crippen LogP contribution in [0.1, 0.15) is 39.5 Å². The van der Waals surface area contributed by atoms with Crippen molar-refractivity contribution in [1.29, 1.82) is 0 Å². The number of hydrogen-bond donors (Lipinski definition) is 1. The molecular formula is C13H22F3NO2. The van der Waals surface area contributed by atoms with Crippen molar-refractivity contribution in [3.05, 3.63) is 0 Å². The Morgan fingerprint density at radius 3 is 2.32 bits per heavy atom. The van der Waals surface area contributed by atoms with Crippen LogP contribution < -0.4 is 0 Å². The van der Waals surface area contributed by atoms with Crippen molar-refractivity contribution in [3.8, 4) is 0 Å². The van der Waals surface area contributed by atoms with E-state index in [9.17, 15) is 18.3 Å². The molecule has 2 aliphatic rings. The minimum Gasteiger partial charge on any atom is -0.382 e. The summed E-state index contributed by atoms with van der Waals surface area (Å²) >= 11 is 0. The number of rotatable bonds is 2. The van der Waals surface area contributed by atoms with Crippen molar-refractivity contribution in [3.63, 3.8) is 0 Å². The molecule has 0 unspecified atom stereocenters. The molecule has 1 saturated heterocycles. The average Bonchev–Trinajstić information content (AvgIpc) is 2.61. The summed E-state index contributed by atoms with van der Waals surface area (Å²) in [6, 6.07) is 0. The van der Waals surface area contributed by atoms with E-state index in [1.807, 2.05) is 13.8 Å². The highest BCUT2D eigenvalue weighted by molar-refractivity contribution is 4.97. The van der Waals surface area contributed by atoms with E-state index in [4.69, 9.17) is 4.74 Å². The van der Waals surface area contributed by atoms with Gasteiger partial charge in [0.15, 0.2) is 6.10 Å². The third-order valence-corrected chi connectivity index (χ3v) is 3.93. The van der Waals surface area contributed by atoms with Crippen molar-refractivity contribution in [1.82, 2.24) is 4.90 Å². The van der Waals surface area contributed by atoms with Crippen LogP contribution in [0.15, 0.2) is 0 Å². The number of aliphatic hydroxyl groups excluding tert-OH is 1. The van der Waals surface area contributed by atoms with Crippen molar-refractivity contribution < 1.29 is 23.0 Å². The van der Waals surface area contributed by atoms with Crippen LogP contribution in [0, 0.1) is 0 Å². The van der Waals surface area contributed by atoms with Crippen LogP contribution in [-0.2, 0) is 4.74 Å². The Balaban J connectivity index is 2.04. The van der Waals surface area contributed by atoms with Gasteiger partial charge in [-0.2, -0.15) is 13.2 Å². The van der Waals surface area contributed by atoms with Gasteiger partial charge in [-0.3, -0.25) is 4.90 Å². The van der Waals surface area contributed by atoms with Crippen LogP contribution in [0.5, 0.6) is 0 Å². The summed E-state index contributed by atoms with van der Waals surface area (Å²) in [5.41, 5.74) is -0.777. The lowest BCUT2D eigenvalue weighted by Crippen LogP contribution is -2.60. The molecule has 2 rings (SSSR count). The van der Waals surface area contributed by atoms with E-state index in [0.717, 1.165) is 25.7 Å². The van der Waals surface area contributed by atoms with Gasteiger partial charge in [-0.25, -0.2) is 0 Å². The number of ether oxygens (including phenoxy) is 1. The molecule has 1 atom stereocenters. The molecule has 3 nitrogen and oxygen atoms in total. The highest BCUT2D eigenvalue weighted by Crippen LogP contribution is 2.40. The van der Waals surface area contributed by atoms with Gasteiger partial charge in [0, 0.05) is 19.6 Å². The standard InChI is InChI=1S/C13H22F3NO2/c1-11(2)8-17(7-10(18)13(14,15)16)9-12(19-11)5-3-4-6-12/h10,18H,3-9H2,1-2H3/t10-/m0/s1. The van der Waals surface area contributed by atoms with E-state index in [1.54, 1.807) is 4.90 Å². The lowest BCUT2D eigenvalue weighted by Gasteiger charge is -2.49. The zero-order chi connectivity index (χ0) is 14.3. The van der Waals surface area contributed by atoms with Crippen molar-refractivity contribution >= 4 is 0 Å². The van der Waals surface area contributed by atoms with E-state index >= 15 is 0 Å². The summed E-state index contributed by atoms with van der Waals surface area (Å²) in [5, 5.41) is 9.23. The van der Waals surface area contributed by atoms with Crippen molar-refractivity contribution in [2.45, 2.75) is 63.0 Å². The third kappa shape index (κ3) is 3.61. The van der Waals surface area contributed by atoms with E-state index in [-0.39, 0.29) is 12.1 Å². The van der Waals surface area contributed by atoms with Crippen molar-refractivity contribution in [2.24, 2.45) is 0 Å². The Labute approximate surface area is 111 Å². The highest BCUT2D eigenvalue weighted by atomic mass is 19.4. The number of alkyl halides is 3. The van der Waals surface area contributed by atoms with Crippen LogP contribution in [0.2, 0.25) is 0 Å². The van der Waals surface area contributed by atoms with Crippen LogP contribution in [-0.4, -0.2) is 53.1 Å². The molecular weight excluding hydrogens is 259 g/mol. The topological polar surface area (TPSA) is 32.7 Å². The summed E-state index contributed by atoms with van der Waals surface area (Å²) in [4.78, 5) is 1.70. The second kappa shape index (κ2) is 4.90. The van der Waals surface area contributed by atoms with Crippen LogP contribution >= 0.6 is 0 Å². The van der Waals surface area contributed by atoms with Gasteiger partial charge in [0.25, 0.3) is 0 Å². The molecule has 1 saturated carbocycles. The average molecular weight is 281 g/mol. The number of aliphatic hydroxyl groups is 1. The third-order valence-electron chi connectivity index (χ3n) is 3.93. The fourth-order valence-corrected chi connectivity index (χ4v) is 3.41. The molecule has 0 radical (unpaired) electrons. The minimum absolute atomic E-state index is 0.312. The van der Waals surface area contributed by atoms with Gasteiger partial charge in [0.05, 0.1) is 11.2 Å². The molecule has 19 heavy (non-hydrogen) atoms. The Kier molecular flexibility index (Phi) is 3.88. The summed E-state index contributed by atoms with van der Waals surface area (Å²) < 4.78 is 43.5. The SMILES string of the molecule is CC1(C)CN(C[C@H](O)C(F)(F)F)CC2(CCCC2)O1. The maximum absolute atomic E-state index is 12.5. The van der Waals surface area contributed by atoms with Gasteiger partial charge >= 0.3 is 6.18 Å². The Bertz CT molecular complexity index is 324. The molecule has 1 aliphatic carbocycles. The van der Waals surface area contributed by atoms with Crippen LogP contribution in [0.3, 0.4) is 0 Å². The minimum atomic E-state index is -4.55. The van der Waals surface area contributed by atoms with Crippen molar-refractivity contribution in [2.75, 3.05) is 19.6 Å². The quantitative estimate of drug-likeness (QED) is 0.843. The first-order valence-electron chi connectivity index (χ1n) is 6.79. The van der Waals surface area contributed by atoms with Gasteiger partial charge in [-0.1, -0.05) is 12.8 Å². The fraction of sp³-hybridized carbons (Fsp3) is 1.00. The van der Waals surface area contributed by atoms with Gasteiger partial charge in [0.2, 0.25) is 0 Å². The zero-order valence-corrected chi connectivity index (χ0v) is 11.5. The molecule has 0 amide bonds. The van der Waals surface area contributed by atoms with Gasteiger partial charge < -0.3 is 9.84 Å². The smallest absolute Gasteiger partial charge is 0.382 e. The van der Waals surface area contributed by atoms with Gasteiger partial charge in [-0.05, 0) is 26.7 Å². The summed E-state index contributed by atoms with van der Waals surface area (Å²) in [5.74, 6) is 0. The molecule has 1 N–H and O–H groups in total. The molecule has 6 heteroatoms. The molecule has 1 spiro atoms. The largest absolute Gasteiger partial charge is 0.415 e. The van der Waals surface area contributed by atoms with Crippen LogP contribution in [0.25, 0.3) is 0 Å². The lowest BCUT2D eigenvalue weighted by atomic mass is 9.94. The number of β-amino-alcohol motifs (C(OH)–C–C–N with tert-alkyl or cyclic N) is 1. The van der Waals surface area contributed by atoms with E-state index in [1.165, 1.54) is 0 Å². The molecule has 2 fully saturated rings. The number of morpholine rings is 1. The first-order chi connectivity index (χ1) is 8.62. The Morgan fingerprint density at radius 1 is 1.21 bits per heavy atom. The van der Waals surface area contributed by atoms with Gasteiger partial charge in [0.1, 0.15) is 0 Å². The normalized spacial score (nSPS) is 28.7. The van der Waals surface area contributed by atoms with E-state index in [0.29, 0.717) is 13.1 Å². The van der Waals surface area contributed by atoms with Crippen LogP contribution in [0.4, 0.5) is 13.2 Å². The monoisotopic (exact) mass is 281 g/mol. The molecule has 0 aromatic carbocycles. The van der Waals surface area contributed by atoms with E-state index < -0.39 is 17.9 Å². The molecule has 112 valence electrons. The lowest BCUT2D eigenvalue weighted by molar-refractivity contribution is -0.229. The first kappa shape index (κ1) is 15.1. The molecule has 1 aliphatic heterocycles. The summed E-state index contributed by atoms with van der Waals surface area (Å²) in [6.45, 7) is 4.35. The second-order valence-electron chi connectivity index (χ2n) is 6.48. The summed E-state index contributed by atoms with van der Waals surface area (Å²) in [7, 11) is 0. The highest BCUT2D eigenvalue weighted by Gasteiger charge is 2.48. The van der Waals surface area contributed by atoms with E-state index in [2.05, 4.69) is 0 Å². The molecule has 0 aromatic heterocycles.